The van der Waals surface area contributed by atoms with Crippen molar-refractivity contribution >= 4 is 11.9 Å². The molecule has 0 radical (unpaired) electrons. The van der Waals surface area contributed by atoms with Gasteiger partial charge in [-0.1, -0.05) is 32.1 Å². The highest BCUT2D eigenvalue weighted by molar-refractivity contribution is 5.81. The maximum absolute atomic E-state index is 12.4. The number of nitrogens with one attached hydrogen (secondary N) is 1. The smallest absolute Gasteiger partial charge is 0.313 e. The van der Waals surface area contributed by atoms with Gasteiger partial charge in [-0.15, -0.1) is 0 Å². The lowest BCUT2D eigenvalue weighted by atomic mass is 9.84. The third kappa shape index (κ3) is 3.32. The summed E-state index contributed by atoms with van der Waals surface area (Å²) in [5, 5.41) is 12.2. The Morgan fingerprint density at radius 3 is 2.35 bits per heavy atom. The Morgan fingerprint density at radius 2 is 1.75 bits per heavy atom. The Balaban J connectivity index is 1.94. The summed E-state index contributed by atoms with van der Waals surface area (Å²) < 4.78 is 5.27. The molecule has 1 heterocycles. The zero-order chi connectivity index (χ0) is 14.6. The molecule has 0 aromatic heterocycles. The van der Waals surface area contributed by atoms with Crippen molar-refractivity contribution in [2.24, 2.45) is 11.3 Å². The standard InChI is InChI=1S/C15H25NO4/c1-15(14(18)19)10-20-9-12(15)16-13(17)11-7-5-3-2-4-6-8-11/h11-12H,2-10H2,1H3,(H,16,17)(H,18,19). The summed E-state index contributed by atoms with van der Waals surface area (Å²) >= 11 is 0. The van der Waals surface area contributed by atoms with E-state index in [1.807, 2.05) is 0 Å². The molecule has 20 heavy (non-hydrogen) atoms. The van der Waals surface area contributed by atoms with Crippen molar-refractivity contribution in [2.45, 2.75) is 57.9 Å². The quantitative estimate of drug-likeness (QED) is 0.830. The molecule has 2 N–H and O–H groups in total. The van der Waals surface area contributed by atoms with E-state index in [9.17, 15) is 14.7 Å². The molecule has 1 amide bonds. The third-order valence-corrected chi connectivity index (χ3v) is 4.74. The molecule has 5 nitrogen and oxygen atoms in total. The Bertz CT molecular complexity index is 363. The SMILES string of the molecule is CC1(C(=O)O)COCC1NC(=O)C1CCCCCCC1. The average molecular weight is 283 g/mol. The van der Waals surface area contributed by atoms with Crippen LogP contribution in [0.15, 0.2) is 0 Å². The van der Waals surface area contributed by atoms with Gasteiger partial charge in [0.05, 0.1) is 19.3 Å². The number of ether oxygens (including phenoxy) is 1. The number of amides is 1. The first-order valence-corrected chi connectivity index (χ1v) is 7.65. The third-order valence-electron chi connectivity index (χ3n) is 4.74. The van der Waals surface area contributed by atoms with E-state index in [0.717, 1.165) is 25.7 Å². The Hall–Kier alpha value is -1.10. The molecule has 1 aliphatic heterocycles. The predicted molar refractivity (Wildman–Crippen MR) is 74.3 cm³/mol. The van der Waals surface area contributed by atoms with Crippen LogP contribution in [-0.2, 0) is 14.3 Å². The van der Waals surface area contributed by atoms with Crippen LogP contribution in [0.1, 0.15) is 51.9 Å². The molecule has 0 aromatic carbocycles. The van der Waals surface area contributed by atoms with Gasteiger partial charge in [0.1, 0.15) is 5.41 Å². The normalized spacial score (nSPS) is 32.4. The van der Waals surface area contributed by atoms with Crippen molar-refractivity contribution in [3.63, 3.8) is 0 Å². The Morgan fingerprint density at radius 1 is 1.15 bits per heavy atom. The number of hydrogen-bond acceptors (Lipinski definition) is 3. The van der Waals surface area contributed by atoms with E-state index in [2.05, 4.69) is 5.32 Å². The molecule has 1 saturated heterocycles. The lowest BCUT2D eigenvalue weighted by Gasteiger charge is -2.28. The van der Waals surface area contributed by atoms with E-state index in [1.165, 1.54) is 19.3 Å². The second-order valence-electron chi connectivity index (χ2n) is 6.34. The van der Waals surface area contributed by atoms with Crippen LogP contribution in [-0.4, -0.2) is 36.2 Å². The van der Waals surface area contributed by atoms with E-state index >= 15 is 0 Å². The van der Waals surface area contributed by atoms with Crippen LogP contribution in [0.4, 0.5) is 0 Å². The number of hydrogen-bond donors (Lipinski definition) is 2. The van der Waals surface area contributed by atoms with Gasteiger partial charge in [0.15, 0.2) is 0 Å². The van der Waals surface area contributed by atoms with Gasteiger partial charge in [-0.3, -0.25) is 9.59 Å². The van der Waals surface area contributed by atoms with Gasteiger partial charge < -0.3 is 15.2 Å². The number of carboxylic acids is 1. The van der Waals surface area contributed by atoms with Crippen molar-refractivity contribution < 1.29 is 19.4 Å². The monoisotopic (exact) mass is 283 g/mol. The minimum Gasteiger partial charge on any atom is -0.481 e. The van der Waals surface area contributed by atoms with Gasteiger partial charge >= 0.3 is 5.97 Å². The van der Waals surface area contributed by atoms with Gasteiger partial charge in [-0.05, 0) is 19.8 Å². The van der Waals surface area contributed by atoms with E-state index in [4.69, 9.17) is 4.74 Å². The molecular formula is C15H25NO4. The zero-order valence-electron chi connectivity index (χ0n) is 12.2. The molecule has 1 aliphatic carbocycles. The molecule has 2 rings (SSSR count). The highest BCUT2D eigenvalue weighted by Gasteiger charge is 2.47. The second-order valence-corrected chi connectivity index (χ2v) is 6.34. The number of carboxylic acid groups (broad SMARTS) is 1. The zero-order valence-corrected chi connectivity index (χ0v) is 12.2. The van der Waals surface area contributed by atoms with E-state index in [-0.39, 0.29) is 18.4 Å². The van der Waals surface area contributed by atoms with Crippen LogP contribution in [0.2, 0.25) is 0 Å². The molecule has 5 heteroatoms. The van der Waals surface area contributed by atoms with Crippen LogP contribution in [0.3, 0.4) is 0 Å². The molecule has 114 valence electrons. The largest absolute Gasteiger partial charge is 0.481 e. The maximum atomic E-state index is 12.4. The fourth-order valence-electron chi connectivity index (χ4n) is 3.09. The maximum Gasteiger partial charge on any atom is 0.313 e. The molecule has 2 fully saturated rings. The predicted octanol–water partition coefficient (Wildman–Crippen LogP) is 1.95. The molecule has 2 atom stereocenters. The molecule has 0 bridgehead atoms. The number of carbonyl (C=O) groups is 2. The summed E-state index contributed by atoms with van der Waals surface area (Å²) in [4.78, 5) is 23.7. The Kier molecular flexibility index (Phi) is 5.02. The summed E-state index contributed by atoms with van der Waals surface area (Å²) in [6.07, 6.45) is 7.69. The van der Waals surface area contributed by atoms with Gasteiger partial charge in [-0.2, -0.15) is 0 Å². The van der Waals surface area contributed by atoms with Crippen LogP contribution >= 0.6 is 0 Å². The van der Waals surface area contributed by atoms with Gasteiger partial charge in [0.25, 0.3) is 0 Å². The average Bonchev–Trinajstić information content (AvgIpc) is 2.71. The van der Waals surface area contributed by atoms with Crippen LogP contribution < -0.4 is 5.32 Å². The summed E-state index contributed by atoms with van der Waals surface area (Å²) in [6.45, 7) is 2.10. The van der Waals surface area contributed by atoms with Crippen LogP contribution in [0.25, 0.3) is 0 Å². The molecular weight excluding hydrogens is 258 g/mol. The lowest BCUT2D eigenvalue weighted by molar-refractivity contribution is -0.149. The van der Waals surface area contributed by atoms with Gasteiger partial charge in [0, 0.05) is 5.92 Å². The first-order chi connectivity index (χ1) is 9.54. The van der Waals surface area contributed by atoms with E-state index in [0.29, 0.717) is 6.61 Å². The van der Waals surface area contributed by atoms with E-state index < -0.39 is 17.4 Å². The topological polar surface area (TPSA) is 75.6 Å². The second kappa shape index (κ2) is 6.57. The summed E-state index contributed by atoms with van der Waals surface area (Å²) in [7, 11) is 0. The number of carbonyl (C=O) groups excluding carboxylic acids is 1. The summed E-state index contributed by atoms with van der Waals surface area (Å²) in [5.74, 6) is -0.859. The minimum absolute atomic E-state index is 0.00914. The van der Waals surface area contributed by atoms with Crippen molar-refractivity contribution in [3.05, 3.63) is 0 Å². The van der Waals surface area contributed by atoms with Crippen molar-refractivity contribution in [3.8, 4) is 0 Å². The minimum atomic E-state index is -1.00. The van der Waals surface area contributed by atoms with Crippen molar-refractivity contribution in [1.82, 2.24) is 5.32 Å². The van der Waals surface area contributed by atoms with Gasteiger partial charge in [-0.25, -0.2) is 0 Å². The van der Waals surface area contributed by atoms with Crippen LogP contribution in [0.5, 0.6) is 0 Å². The first kappa shape index (κ1) is 15.3. The van der Waals surface area contributed by atoms with Crippen LogP contribution in [0, 0.1) is 11.3 Å². The van der Waals surface area contributed by atoms with Gasteiger partial charge in [0.2, 0.25) is 5.91 Å². The first-order valence-electron chi connectivity index (χ1n) is 7.65. The van der Waals surface area contributed by atoms with E-state index in [1.54, 1.807) is 6.92 Å². The molecule has 0 spiro atoms. The van der Waals surface area contributed by atoms with Crippen molar-refractivity contribution in [2.75, 3.05) is 13.2 Å². The highest BCUT2D eigenvalue weighted by atomic mass is 16.5. The fraction of sp³-hybridized carbons (Fsp3) is 0.867. The summed E-state index contributed by atoms with van der Waals surface area (Å²) in [6, 6.07) is -0.419. The highest BCUT2D eigenvalue weighted by Crippen LogP contribution is 2.30. The fourth-order valence-corrected chi connectivity index (χ4v) is 3.09. The lowest BCUT2D eigenvalue weighted by Crippen LogP contribution is -2.51. The number of aliphatic carboxylic acids is 1. The number of rotatable bonds is 3. The summed E-state index contributed by atoms with van der Waals surface area (Å²) in [5.41, 5.74) is -1.00. The molecule has 2 unspecified atom stereocenters. The Labute approximate surface area is 120 Å². The molecule has 1 saturated carbocycles. The van der Waals surface area contributed by atoms with Crippen molar-refractivity contribution in [1.29, 1.82) is 0 Å². The molecule has 2 aliphatic rings. The molecule has 0 aromatic rings.